The van der Waals surface area contributed by atoms with Crippen molar-refractivity contribution in [2.75, 3.05) is 14.2 Å². The van der Waals surface area contributed by atoms with E-state index in [-0.39, 0.29) is 28.5 Å². The topological polar surface area (TPSA) is 69.7 Å². The van der Waals surface area contributed by atoms with E-state index >= 15 is 0 Å². The van der Waals surface area contributed by atoms with Crippen LogP contribution in [0.3, 0.4) is 0 Å². The van der Waals surface area contributed by atoms with Crippen LogP contribution in [0, 0.1) is 6.92 Å². The Morgan fingerprint density at radius 3 is 2.31 bits per heavy atom. The smallest absolute Gasteiger partial charge is 0.198 e. The zero-order chi connectivity index (χ0) is 19.0. The van der Waals surface area contributed by atoms with Gasteiger partial charge in [0, 0.05) is 29.2 Å². The van der Waals surface area contributed by atoms with Crippen molar-refractivity contribution in [3.63, 3.8) is 0 Å². The molecule has 0 fully saturated rings. The average molecular weight is 352 g/mol. The summed E-state index contributed by atoms with van der Waals surface area (Å²) in [5.41, 5.74) is 2.96. The summed E-state index contributed by atoms with van der Waals surface area (Å²) >= 11 is 0. The molecule has 0 heterocycles. The molecule has 0 aliphatic heterocycles. The van der Waals surface area contributed by atoms with Gasteiger partial charge in [-0.25, -0.2) is 0 Å². The number of ketones is 3. The highest BCUT2D eigenvalue weighted by Crippen LogP contribution is 2.38. The molecule has 0 spiro atoms. The second-order valence-electron chi connectivity index (χ2n) is 6.38. The van der Waals surface area contributed by atoms with Crippen LogP contribution in [0.15, 0.2) is 24.3 Å². The molecule has 134 valence electrons. The molecule has 26 heavy (non-hydrogen) atoms. The SMILES string of the molecule is COc1cc(OC)c2c(c1)C(=O)c1ccc(CCC(C)=O)c(C)c1C2=O. The summed E-state index contributed by atoms with van der Waals surface area (Å²) in [7, 11) is 2.95. The third-order valence-electron chi connectivity index (χ3n) is 4.80. The van der Waals surface area contributed by atoms with E-state index in [0.717, 1.165) is 11.1 Å². The van der Waals surface area contributed by atoms with Crippen LogP contribution in [0.25, 0.3) is 0 Å². The molecule has 5 heteroatoms. The van der Waals surface area contributed by atoms with Gasteiger partial charge in [0.2, 0.25) is 0 Å². The first kappa shape index (κ1) is 17.9. The van der Waals surface area contributed by atoms with Gasteiger partial charge in [0.15, 0.2) is 11.6 Å². The van der Waals surface area contributed by atoms with Gasteiger partial charge in [-0.05, 0) is 43.5 Å². The van der Waals surface area contributed by atoms with E-state index in [9.17, 15) is 14.4 Å². The maximum atomic E-state index is 13.2. The highest BCUT2D eigenvalue weighted by molar-refractivity contribution is 6.30. The van der Waals surface area contributed by atoms with Crippen molar-refractivity contribution in [2.45, 2.75) is 26.7 Å². The lowest BCUT2D eigenvalue weighted by Crippen LogP contribution is -2.23. The van der Waals surface area contributed by atoms with E-state index in [1.807, 2.05) is 13.0 Å². The maximum Gasteiger partial charge on any atom is 0.198 e. The molecule has 0 atom stereocenters. The molecule has 0 N–H and O–H groups in total. The van der Waals surface area contributed by atoms with Gasteiger partial charge < -0.3 is 14.3 Å². The standard InChI is InChI=1S/C21H20O5/c1-11(22)5-6-13-7-8-15-18(12(13)2)21(24)19-16(20(15)23)9-14(25-3)10-17(19)26-4/h7-10H,5-6H2,1-4H3. The monoisotopic (exact) mass is 352 g/mol. The highest BCUT2D eigenvalue weighted by Gasteiger charge is 2.34. The summed E-state index contributed by atoms with van der Waals surface area (Å²) in [6.45, 7) is 3.36. The summed E-state index contributed by atoms with van der Waals surface area (Å²) < 4.78 is 10.6. The van der Waals surface area contributed by atoms with Crippen molar-refractivity contribution >= 4 is 17.3 Å². The Kier molecular flexibility index (Phi) is 4.64. The van der Waals surface area contributed by atoms with Crippen molar-refractivity contribution in [3.8, 4) is 11.5 Å². The molecule has 1 aliphatic rings. The lowest BCUT2D eigenvalue weighted by atomic mass is 9.79. The molecule has 0 saturated carbocycles. The van der Waals surface area contributed by atoms with Gasteiger partial charge in [0.1, 0.15) is 17.3 Å². The Bertz CT molecular complexity index is 940. The van der Waals surface area contributed by atoms with Crippen LogP contribution in [-0.2, 0) is 11.2 Å². The summed E-state index contributed by atoms with van der Waals surface area (Å²) in [4.78, 5) is 37.5. The summed E-state index contributed by atoms with van der Waals surface area (Å²) in [5.74, 6) is 0.393. The van der Waals surface area contributed by atoms with Crippen molar-refractivity contribution in [2.24, 2.45) is 0 Å². The number of ether oxygens (including phenoxy) is 2. The largest absolute Gasteiger partial charge is 0.497 e. The predicted octanol–water partition coefficient (Wildman–Crippen LogP) is 3.31. The number of methoxy groups -OCH3 is 2. The van der Waals surface area contributed by atoms with Gasteiger partial charge in [-0.1, -0.05) is 6.07 Å². The molecule has 2 aromatic rings. The van der Waals surface area contributed by atoms with Crippen LogP contribution >= 0.6 is 0 Å². The van der Waals surface area contributed by atoms with Gasteiger partial charge in [0.25, 0.3) is 0 Å². The van der Waals surface area contributed by atoms with Crippen LogP contribution < -0.4 is 9.47 Å². The first-order chi connectivity index (χ1) is 12.4. The fourth-order valence-electron chi connectivity index (χ4n) is 3.37. The number of Topliss-reactive ketones (excluding diaryl/α,β-unsaturated/α-hetero) is 1. The minimum Gasteiger partial charge on any atom is -0.497 e. The Hall–Kier alpha value is -2.95. The van der Waals surface area contributed by atoms with Gasteiger partial charge in [0.05, 0.1) is 19.8 Å². The minimum absolute atomic E-state index is 0.0867. The Balaban J connectivity index is 2.19. The second kappa shape index (κ2) is 6.75. The minimum atomic E-state index is -0.240. The van der Waals surface area contributed by atoms with Gasteiger partial charge in [-0.2, -0.15) is 0 Å². The predicted molar refractivity (Wildman–Crippen MR) is 96.6 cm³/mol. The molecule has 0 radical (unpaired) electrons. The molecule has 5 nitrogen and oxygen atoms in total. The third kappa shape index (κ3) is 2.79. The Morgan fingerprint density at radius 2 is 1.69 bits per heavy atom. The first-order valence-electron chi connectivity index (χ1n) is 8.36. The van der Waals surface area contributed by atoms with E-state index in [0.29, 0.717) is 35.5 Å². The zero-order valence-electron chi connectivity index (χ0n) is 15.3. The van der Waals surface area contributed by atoms with Crippen molar-refractivity contribution in [1.82, 2.24) is 0 Å². The summed E-state index contributed by atoms with van der Waals surface area (Å²) in [6, 6.07) is 6.67. The number of benzene rings is 2. The van der Waals surface area contributed by atoms with Gasteiger partial charge in [-0.15, -0.1) is 0 Å². The first-order valence-corrected chi connectivity index (χ1v) is 8.36. The van der Waals surface area contributed by atoms with E-state index in [1.54, 1.807) is 18.2 Å². The van der Waals surface area contributed by atoms with Gasteiger partial charge >= 0.3 is 0 Å². The second-order valence-corrected chi connectivity index (χ2v) is 6.38. The fraction of sp³-hybridized carbons (Fsp3) is 0.286. The van der Waals surface area contributed by atoms with Crippen LogP contribution in [0.4, 0.5) is 0 Å². The number of rotatable bonds is 5. The maximum absolute atomic E-state index is 13.2. The highest BCUT2D eigenvalue weighted by atomic mass is 16.5. The number of fused-ring (bicyclic) bond motifs is 2. The molecule has 0 aromatic heterocycles. The molecule has 0 saturated heterocycles. The number of hydrogen-bond donors (Lipinski definition) is 0. The van der Waals surface area contributed by atoms with Crippen LogP contribution in [0.2, 0.25) is 0 Å². The summed E-state index contributed by atoms with van der Waals surface area (Å²) in [6.07, 6.45) is 0.946. The molecular formula is C21H20O5. The summed E-state index contributed by atoms with van der Waals surface area (Å²) in [5, 5.41) is 0. The molecule has 0 unspecified atom stereocenters. The molecular weight excluding hydrogens is 332 g/mol. The van der Waals surface area contributed by atoms with E-state index in [1.165, 1.54) is 21.1 Å². The van der Waals surface area contributed by atoms with Crippen molar-refractivity contribution in [3.05, 3.63) is 57.6 Å². The molecule has 1 aliphatic carbocycles. The fourth-order valence-corrected chi connectivity index (χ4v) is 3.37. The van der Waals surface area contributed by atoms with Crippen LogP contribution in [-0.4, -0.2) is 31.6 Å². The number of carbonyl (C=O) groups excluding carboxylic acids is 3. The van der Waals surface area contributed by atoms with Crippen molar-refractivity contribution < 1.29 is 23.9 Å². The number of aryl methyl sites for hydroxylation is 1. The quantitative estimate of drug-likeness (QED) is 0.705. The molecule has 0 amide bonds. The third-order valence-corrected chi connectivity index (χ3v) is 4.80. The average Bonchev–Trinajstić information content (AvgIpc) is 2.63. The Morgan fingerprint density at radius 1 is 0.962 bits per heavy atom. The number of hydrogen-bond acceptors (Lipinski definition) is 5. The van der Waals surface area contributed by atoms with E-state index < -0.39 is 0 Å². The molecule has 3 rings (SSSR count). The van der Waals surface area contributed by atoms with E-state index in [2.05, 4.69) is 0 Å². The zero-order valence-corrected chi connectivity index (χ0v) is 15.3. The van der Waals surface area contributed by atoms with E-state index in [4.69, 9.17) is 9.47 Å². The molecule has 0 bridgehead atoms. The van der Waals surface area contributed by atoms with Gasteiger partial charge in [-0.3, -0.25) is 9.59 Å². The Labute approximate surface area is 151 Å². The molecule has 2 aromatic carbocycles. The number of carbonyl (C=O) groups is 3. The van der Waals surface area contributed by atoms with Crippen molar-refractivity contribution in [1.29, 1.82) is 0 Å². The normalized spacial score (nSPS) is 12.5. The van der Waals surface area contributed by atoms with Crippen LogP contribution in [0.1, 0.15) is 56.3 Å². The van der Waals surface area contributed by atoms with Crippen LogP contribution in [0.5, 0.6) is 11.5 Å². The lowest BCUT2D eigenvalue weighted by Gasteiger charge is -2.23. The lowest BCUT2D eigenvalue weighted by molar-refractivity contribution is -0.116.